The molecule has 15 heavy (non-hydrogen) atoms. The third-order valence-corrected chi connectivity index (χ3v) is 2.09. The fraction of sp³-hybridized carbons (Fsp3) is 0.800. The van der Waals surface area contributed by atoms with Crippen molar-refractivity contribution >= 4 is 12.7 Å². The number of rotatable bonds is 3. The fourth-order valence-electron chi connectivity index (χ4n) is 1.50. The number of nitrogens with one attached hydrogen (secondary N) is 1. The monoisotopic (exact) mass is 216 g/mol. The van der Waals surface area contributed by atoms with Crippen LogP contribution in [0.15, 0.2) is 4.99 Å². The molecular formula is C10H20N2O3. The van der Waals surface area contributed by atoms with Gasteiger partial charge in [0.25, 0.3) is 6.47 Å². The molecule has 5 heteroatoms. The molecule has 0 aromatic heterocycles. The van der Waals surface area contributed by atoms with E-state index in [-0.39, 0.29) is 6.47 Å². The first kappa shape index (κ1) is 14.1. The molecule has 1 heterocycles. The minimum atomic E-state index is -0.250. The lowest BCUT2D eigenvalue weighted by atomic mass is 10.1. The third-order valence-electron chi connectivity index (χ3n) is 2.09. The van der Waals surface area contributed by atoms with Gasteiger partial charge in [0.2, 0.25) is 0 Å². The molecule has 1 aliphatic heterocycles. The van der Waals surface area contributed by atoms with Gasteiger partial charge in [-0.05, 0) is 19.8 Å². The van der Waals surface area contributed by atoms with Gasteiger partial charge in [0, 0.05) is 38.6 Å². The van der Waals surface area contributed by atoms with Crippen LogP contribution in [0, 0.1) is 0 Å². The molecule has 5 nitrogen and oxygen atoms in total. The van der Waals surface area contributed by atoms with Gasteiger partial charge in [0.15, 0.2) is 0 Å². The van der Waals surface area contributed by atoms with E-state index >= 15 is 0 Å². The van der Waals surface area contributed by atoms with Crippen LogP contribution >= 0.6 is 0 Å². The van der Waals surface area contributed by atoms with Crippen molar-refractivity contribution in [2.75, 3.05) is 20.3 Å². The molecule has 1 saturated heterocycles. The third kappa shape index (κ3) is 8.08. The molecule has 1 atom stereocenters. The predicted molar refractivity (Wildman–Crippen MR) is 59.5 cm³/mol. The van der Waals surface area contributed by atoms with E-state index in [1.807, 2.05) is 13.3 Å². The highest BCUT2D eigenvalue weighted by Gasteiger charge is 2.14. The smallest absolute Gasteiger partial charge is 0.290 e. The predicted octanol–water partition coefficient (Wildman–Crippen LogP) is 0.545. The van der Waals surface area contributed by atoms with Crippen LogP contribution in [-0.2, 0) is 9.53 Å². The van der Waals surface area contributed by atoms with Crippen LogP contribution < -0.4 is 5.32 Å². The Labute approximate surface area is 90.5 Å². The van der Waals surface area contributed by atoms with Crippen molar-refractivity contribution in [2.45, 2.75) is 31.8 Å². The van der Waals surface area contributed by atoms with Crippen LogP contribution in [0.2, 0.25) is 0 Å². The van der Waals surface area contributed by atoms with E-state index in [2.05, 4.69) is 17.2 Å². The molecule has 88 valence electrons. The van der Waals surface area contributed by atoms with Crippen molar-refractivity contribution in [3.63, 3.8) is 0 Å². The normalized spacial score (nSPS) is 19.3. The minimum absolute atomic E-state index is 0.250. The van der Waals surface area contributed by atoms with Gasteiger partial charge < -0.3 is 15.2 Å². The first-order valence-corrected chi connectivity index (χ1v) is 5.08. The van der Waals surface area contributed by atoms with Gasteiger partial charge >= 0.3 is 0 Å². The number of carbonyl (C=O) groups is 1. The van der Waals surface area contributed by atoms with E-state index in [9.17, 15) is 0 Å². The zero-order valence-electron chi connectivity index (χ0n) is 9.35. The summed E-state index contributed by atoms with van der Waals surface area (Å²) in [6.07, 6.45) is 4.19. The molecule has 0 aromatic carbocycles. The molecule has 0 aromatic rings. The number of hydrogen-bond donors (Lipinski definition) is 2. The van der Waals surface area contributed by atoms with Crippen molar-refractivity contribution < 1.29 is 14.6 Å². The molecule has 0 radical (unpaired) electrons. The van der Waals surface area contributed by atoms with Gasteiger partial charge in [-0.1, -0.05) is 0 Å². The Morgan fingerprint density at radius 3 is 2.53 bits per heavy atom. The van der Waals surface area contributed by atoms with Crippen molar-refractivity contribution in [3.8, 4) is 0 Å². The maximum atomic E-state index is 8.36. The summed E-state index contributed by atoms with van der Waals surface area (Å²) in [5.74, 6) is 0. The van der Waals surface area contributed by atoms with Crippen LogP contribution in [0.4, 0.5) is 0 Å². The Hall–Kier alpha value is -0.940. The number of ether oxygens (including phenoxy) is 1. The van der Waals surface area contributed by atoms with Gasteiger partial charge in [-0.3, -0.25) is 9.79 Å². The van der Waals surface area contributed by atoms with Crippen LogP contribution in [0.3, 0.4) is 0 Å². The second kappa shape index (κ2) is 9.61. The molecule has 1 unspecified atom stereocenters. The summed E-state index contributed by atoms with van der Waals surface area (Å²) in [6, 6.07) is 1.00. The molecule has 0 bridgehead atoms. The lowest BCUT2D eigenvalue weighted by molar-refractivity contribution is -0.122. The average molecular weight is 216 g/mol. The van der Waals surface area contributed by atoms with Crippen molar-refractivity contribution in [3.05, 3.63) is 0 Å². The van der Waals surface area contributed by atoms with Gasteiger partial charge in [-0.2, -0.15) is 0 Å². The zero-order chi connectivity index (χ0) is 11.5. The van der Waals surface area contributed by atoms with Gasteiger partial charge in [-0.25, -0.2) is 0 Å². The van der Waals surface area contributed by atoms with Gasteiger partial charge in [0.1, 0.15) is 0 Å². The van der Waals surface area contributed by atoms with Crippen LogP contribution in [-0.4, -0.2) is 50.1 Å². The Bertz CT molecular complexity index is 180. The van der Waals surface area contributed by atoms with E-state index in [1.54, 1.807) is 0 Å². The van der Waals surface area contributed by atoms with Crippen LogP contribution in [0.1, 0.15) is 19.8 Å². The van der Waals surface area contributed by atoms with Gasteiger partial charge in [0.05, 0.1) is 0 Å². The summed E-state index contributed by atoms with van der Waals surface area (Å²) in [5.41, 5.74) is 0. The number of carboxylic acid groups (broad SMARTS) is 1. The van der Waals surface area contributed by atoms with Crippen LogP contribution in [0.5, 0.6) is 0 Å². The molecule has 1 rings (SSSR count). The minimum Gasteiger partial charge on any atom is -0.483 e. The first-order chi connectivity index (χ1) is 7.24. The summed E-state index contributed by atoms with van der Waals surface area (Å²) in [6.45, 7) is 3.67. The zero-order valence-corrected chi connectivity index (χ0v) is 9.35. The molecule has 0 saturated carbocycles. The van der Waals surface area contributed by atoms with E-state index in [4.69, 9.17) is 14.6 Å². The van der Waals surface area contributed by atoms with Gasteiger partial charge in [-0.15, -0.1) is 0 Å². The topological polar surface area (TPSA) is 70.9 Å². The first-order valence-electron chi connectivity index (χ1n) is 5.08. The lowest BCUT2D eigenvalue weighted by Crippen LogP contribution is -2.40. The molecule has 2 N–H and O–H groups in total. The highest BCUT2D eigenvalue weighted by atomic mass is 16.5. The van der Waals surface area contributed by atoms with E-state index in [1.165, 1.54) is 0 Å². The second-order valence-electron chi connectivity index (χ2n) is 3.35. The summed E-state index contributed by atoms with van der Waals surface area (Å²) >= 11 is 0. The summed E-state index contributed by atoms with van der Waals surface area (Å²) in [4.78, 5) is 12.3. The molecule has 1 aliphatic rings. The Morgan fingerprint density at radius 1 is 1.53 bits per heavy atom. The number of aliphatic imine (C=N–C) groups is 1. The van der Waals surface area contributed by atoms with Crippen molar-refractivity contribution in [1.82, 2.24) is 5.32 Å². The van der Waals surface area contributed by atoms with Crippen molar-refractivity contribution in [2.24, 2.45) is 4.99 Å². The molecule has 0 amide bonds. The molecule has 0 aliphatic carbocycles. The molecule has 1 fully saturated rings. The standard InChI is InChI=1S/C9H18N2O.CH2O2/c1-8(7-10-2)11-9-3-5-12-6-4-9;2-1-3/h7-9,11H,3-6H2,1-2H3;1H,(H,2,3). The highest BCUT2D eigenvalue weighted by Crippen LogP contribution is 2.06. The quantitative estimate of drug-likeness (QED) is 0.533. The largest absolute Gasteiger partial charge is 0.483 e. The number of nitrogens with zero attached hydrogens (tertiary/aromatic N) is 1. The second-order valence-corrected chi connectivity index (χ2v) is 3.35. The van der Waals surface area contributed by atoms with Crippen molar-refractivity contribution in [1.29, 1.82) is 0 Å². The van der Waals surface area contributed by atoms with E-state index in [0.717, 1.165) is 26.1 Å². The van der Waals surface area contributed by atoms with Crippen LogP contribution in [0.25, 0.3) is 0 Å². The maximum absolute atomic E-state index is 8.36. The summed E-state index contributed by atoms with van der Waals surface area (Å²) in [7, 11) is 1.81. The number of hydrogen-bond acceptors (Lipinski definition) is 4. The average Bonchev–Trinajstić information content (AvgIpc) is 2.20. The Balaban J connectivity index is 0.000000583. The molecular weight excluding hydrogens is 196 g/mol. The van der Waals surface area contributed by atoms with E-state index < -0.39 is 0 Å². The maximum Gasteiger partial charge on any atom is 0.290 e. The summed E-state index contributed by atoms with van der Waals surface area (Å²) < 4.78 is 5.27. The summed E-state index contributed by atoms with van der Waals surface area (Å²) in [5, 5.41) is 10.4. The highest BCUT2D eigenvalue weighted by molar-refractivity contribution is 5.63. The molecule has 0 spiro atoms. The van der Waals surface area contributed by atoms with E-state index in [0.29, 0.717) is 12.1 Å². The SMILES string of the molecule is CN=CC(C)NC1CCOCC1.O=CO. The fourth-order valence-corrected chi connectivity index (χ4v) is 1.50. The Kier molecular flexibility index (Phi) is 9.01. The lowest BCUT2D eigenvalue weighted by Gasteiger charge is -2.25. The Morgan fingerprint density at radius 2 is 2.07 bits per heavy atom.